The number of nitrogens with two attached hydrogens (primary N) is 1. The fraction of sp³-hybridized carbons (Fsp3) is 0.538. The predicted octanol–water partition coefficient (Wildman–Crippen LogP) is 3.66. The summed E-state index contributed by atoms with van der Waals surface area (Å²) in [5, 5.41) is 3.10. The fourth-order valence-electron chi connectivity index (χ4n) is 2.51. The molecule has 18 heavy (non-hydrogen) atoms. The van der Waals surface area contributed by atoms with E-state index in [2.05, 4.69) is 21.2 Å². The number of halogens is 3. The molecule has 0 amide bonds. The van der Waals surface area contributed by atoms with E-state index in [4.69, 9.17) is 5.73 Å². The molecule has 2 rings (SSSR count). The topological polar surface area (TPSA) is 38.0 Å². The van der Waals surface area contributed by atoms with Crippen LogP contribution in [0.25, 0.3) is 0 Å². The first kappa shape index (κ1) is 13.7. The zero-order valence-electron chi connectivity index (χ0n) is 10.1. The van der Waals surface area contributed by atoms with Crippen LogP contribution in [-0.2, 0) is 0 Å². The number of nitrogens with one attached hydrogen (secondary N) is 1. The number of rotatable bonds is 3. The lowest BCUT2D eigenvalue weighted by Gasteiger charge is -2.32. The largest absolute Gasteiger partial charge is 0.380 e. The van der Waals surface area contributed by atoms with Crippen LogP contribution < -0.4 is 11.1 Å². The lowest BCUT2D eigenvalue weighted by atomic mass is 9.84. The van der Waals surface area contributed by atoms with E-state index < -0.39 is 11.6 Å². The predicted molar refractivity (Wildman–Crippen MR) is 72.5 cm³/mol. The number of hydrogen-bond acceptors (Lipinski definition) is 2. The maximum absolute atomic E-state index is 13.7. The highest BCUT2D eigenvalue weighted by molar-refractivity contribution is 9.10. The van der Waals surface area contributed by atoms with Crippen molar-refractivity contribution >= 4 is 21.6 Å². The highest BCUT2D eigenvalue weighted by atomic mass is 79.9. The van der Waals surface area contributed by atoms with Crippen molar-refractivity contribution in [2.75, 3.05) is 11.9 Å². The molecular formula is C13H17BrF2N2. The van der Waals surface area contributed by atoms with Crippen LogP contribution in [-0.4, -0.2) is 12.6 Å². The van der Waals surface area contributed by atoms with Crippen LogP contribution in [0.2, 0.25) is 0 Å². The summed E-state index contributed by atoms with van der Waals surface area (Å²) in [6.45, 7) is 0.582. The molecule has 0 heterocycles. The molecule has 1 fully saturated rings. The first-order chi connectivity index (χ1) is 8.61. The molecule has 0 spiro atoms. The van der Waals surface area contributed by atoms with Gasteiger partial charge in [0, 0.05) is 12.1 Å². The Morgan fingerprint density at radius 3 is 2.67 bits per heavy atom. The van der Waals surface area contributed by atoms with Crippen LogP contribution in [0.4, 0.5) is 14.5 Å². The first-order valence-electron chi connectivity index (χ1n) is 6.23. The molecular weight excluding hydrogens is 302 g/mol. The summed E-state index contributed by atoms with van der Waals surface area (Å²) in [5.74, 6) is -0.562. The van der Waals surface area contributed by atoms with E-state index in [1.165, 1.54) is 6.07 Å². The van der Waals surface area contributed by atoms with Gasteiger partial charge in [-0.2, -0.15) is 0 Å². The Kier molecular flexibility index (Phi) is 4.56. The monoisotopic (exact) mass is 318 g/mol. The van der Waals surface area contributed by atoms with Crippen molar-refractivity contribution in [2.45, 2.75) is 31.7 Å². The van der Waals surface area contributed by atoms with Crippen LogP contribution in [0.3, 0.4) is 0 Å². The standard InChI is InChI=1S/C13H17BrF2N2/c14-9-5-11(16)13(6-10(9)15)18-12-4-2-1-3-8(12)7-17/h5-6,8,12,18H,1-4,7,17H2. The summed E-state index contributed by atoms with van der Waals surface area (Å²) in [6, 6.07) is 2.48. The summed E-state index contributed by atoms with van der Waals surface area (Å²) >= 11 is 2.97. The molecule has 1 aliphatic rings. The normalized spacial score (nSPS) is 24.0. The van der Waals surface area contributed by atoms with Crippen molar-refractivity contribution < 1.29 is 8.78 Å². The zero-order chi connectivity index (χ0) is 13.1. The SMILES string of the molecule is NCC1CCCCC1Nc1cc(F)c(Br)cc1F. The number of anilines is 1. The zero-order valence-corrected chi connectivity index (χ0v) is 11.6. The van der Waals surface area contributed by atoms with E-state index in [0.29, 0.717) is 12.5 Å². The van der Waals surface area contributed by atoms with Gasteiger partial charge in [-0.25, -0.2) is 8.78 Å². The quantitative estimate of drug-likeness (QED) is 0.835. The second-order valence-electron chi connectivity index (χ2n) is 4.78. The summed E-state index contributed by atoms with van der Waals surface area (Å²) in [5.41, 5.74) is 5.95. The third-order valence-corrected chi connectivity index (χ3v) is 4.17. The second-order valence-corrected chi connectivity index (χ2v) is 5.63. The van der Waals surface area contributed by atoms with E-state index >= 15 is 0 Å². The van der Waals surface area contributed by atoms with Gasteiger partial charge in [0.2, 0.25) is 0 Å². The molecule has 0 aliphatic heterocycles. The molecule has 2 unspecified atom stereocenters. The van der Waals surface area contributed by atoms with Gasteiger partial charge in [0.05, 0.1) is 10.2 Å². The van der Waals surface area contributed by atoms with Crippen LogP contribution in [0, 0.1) is 17.6 Å². The number of hydrogen-bond donors (Lipinski definition) is 2. The van der Waals surface area contributed by atoms with Crippen LogP contribution in [0.1, 0.15) is 25.7 Å². The van der Waals surface area contributed by atoms with Gasteiger partial charge in [0.25, 0.3) is 0 Å². The Morgan fingerprint density at radius 2 is 1.94 bits per heavy atom. The lowest BCUT2D eigenvalue weighted by molar-refractivity contribution is 0.332. The van der Waals surface area contributed by atoms with E-state index in [9.17, 15) is 8.78 Å². The minimum absolute atomic E-state index is 0.138. The molecule has 100 valence electrons. The Balaban J connectivity index is 2.15. The third kappa shape index (κ3) is 3.01. The van der Waals surface area contributed by atoms with Gasteiger partial charge in [0.15, 0.2) is 0 Å². The van der Waals surface area contributed by atoms with Crippen molar-refractivity contribution in [3.63, 3.8) is 0 Å². The van der Waals surface area contributed by atoms with Gasteiger partial charge in [-0.15, -0.1) is 0 Å². The maximum atomic E-state index is 13.7. The van der Waals surface area contributed by atoms with Crippen LogP contribution in [0.5, 0.6) is 0 Å². The van der Waals surface area contributed by atoms with Crippen LogP contribution >= 0.6 is 15.9 Å². The Morgan fingerprint density at radius 1 is 1.22 bits per heavy atom. The van der Waals surface area contributed by atoms with Crippen molar-refractivity contribution in [2.24, 2.45) is 11.7 Å². The molecule has 5 heteroatoms. The minimum Gasteiger partial charge on any atom is -0.380 e. The molecule has 3 N–H and O–H groups in total. The van der Waals surface area contributed by atoms with Crippen molar-refractivity contribution in [3.05, 3.63) is 28.2 Å². The highest BCUT2D eigenvalue weighted by Crippen LogP contribution is 2.29. The fourth-order valence-corrected chi connectivity index (χ4v) is 2.83. The van der Waals surface area contributed by atoms with E-state index in [1.54, 1.807) is 0 Å². The Hall–Kier alpha value is -0.680. The molecule has 1 aromatic carbocycles. The van der Waals surface area contributed by atoms with E-state index in [0.717, 1.165) is 31.7 Å². The molecule has 0 radical (unpaired) electrons. The highest BCUT2D eigenvalue weighted by Gasteiger charge is 2.24. The van der Waals surface area contributed by atoms with Gasteiger partial charge in [0.1, 0.15) is 11.6 Å². The van der Waals surface area contributed by atoms with E-state index in [-0.39, 0.29) is 16.2 Å². The van der Waals surface area contributed by atoms with E-state index in [1.807, 2.05) is 0 Å². The molecule has 1 saturated carbocycles. The van der Waals surface area contributed by atoms with Crippen molar-refractivity contribution in [3.8, 4) is 0 Å². The van der Waals surface area contributed by atoms with Gasteiger partial charge >= 0.3 is 0 Å². The molecule has 0 aromatic heterocycles. The minimum atomic E-state index is -0.459. The van der Waals surface area contributed by atoms with Crippen molar-refractivity contribution in [1.82, 2.24) is 0 Å². The smallest absolute Gasteiger partial charge is 0.147 e. The maximum Gasteiger partial charge on any atom is 0.147 e. The van der Waals surface area contributed by atoms with Gasteiger partial charge < -0.3 is 11.1 Å². The third-order valence-electron chi connectivity index (χ3n) is 3.56. The lowest BCUT2D eigenvalue weighted by Crippen LogP contribution is -2.37. The summed E-state index contributed by atoms with van der Waals surface area (Å²) < 4.78 is 27.3. The molecule has 1 aromatic rings. The molecule has 2 nitrogen and oxygen atoms in total. The first-order valence-corrected chi connectivity index (χ1v) is 7.02. The molecule has 2 atom stereocenters. The molecule has 1 aliphatic carbocycles. The molecule has 0 saturated heterocycles. The summed E-state index contributed by atoms with van der Waals surface area (Å²) in [4.78, 5) is 0. The summed E-state index contributed by atoms with van der Waals surface area (Å²) in [6.07, 6.45) is 4.28. The average molecular weight is 319 g/mol. The Bertz CT molecular complexity index is 426. The molecule has 0 bridgehead atoms. The van der Waals surface area contributed by atoms with Crippen LogP contribution in [0.15, 0.2) is 16.6 Å². The van der Waals surface area contributed by atoms with Crippen molar-refractivity contribution in [1.29, 1.82) is 0 Å². The second kappa shape index (κ2) is 5.97. The Labute approximate surface area is 114 Å². The van der Waals surface area contributed by atoms with Gasteiger partial charge in [-0.05, 0) is 47.3 Å². The summed E-state index contributed by atoms with van der Waals surface area (Å²) in [7, 11) is 0. The van der Waals surface area contributed by atoms with Gasteiger partial charge in [-0.1, -0.05) is 12.8 Å². The average Bonchev–Trinajstić information content (AvgIpc) is 2.36. The number of benzene rings is 1. The van der Waals surface area contributed by atoms with Gasteiger partial charge in [-0.3, -0.25) is 0 Å².